The average Bonchev–Trinajstić information content (AvgIpc) is 3.11. The Balaban J connectivity index is 1.47. The first-order chi connectivity index (χ1) is 16.0. The molecule has 1 saturated carbocycles. The minimum absolute atomic E-state index is 0.100. The lowest BCUT2D eigenvalue weighted by molar-refractivity contribution is -0.137. The van der Waals surface area contributed by atoms with Gasteiger partial charge in [-0.3, -0.25) is 14.5 Å². The summed E-state index contributed by atoms with van der Waals surface area (Å²) >= 11 is 0. The Morgan fingerprint density at radius 1 is 1.00 bits per heavy atom. The van der Waals surface area contributed by atoms with Gasteiger partial charge in [0.15, 0.2) is 11.5 Å². The average molecular weight is 455 g/mol. The van der Waals surface area contributed by atoms with Crippen LogP contribution in [0.15, 0.2) is 35.6 Å². The lowest BCUT2D eigenvalue weighted by Crippen LogP contribution is -2.43. The van der Waals surface area contributed by atoms with Crippen molar-refractivity contribution in [2.75, 3.05) is 46.5 Å². The molecule has 178 valence electrons. The number of fused-ring (bicyclic) bond motifs is 1. The summed E-state index contributed by atoms with van der Waals surface area (Å²) < 4.78 is 17.1. The molecule has 33 heavy (non-hydrogen) atoms. The highest BCUT2D eigenvalue weighted by Gasteiger charge is 2.53. The van der Waals surface area contributed by atoms with Crippen molar-refractivity contribution in [2.45, 2.75) is 38.8 Å². The molecule has 7 heteroatoms. The predicted octanol–water partition coefficient (Wildman–Crippen LogP) is 2.81. The molecule has 0 radical (unpaired) electrons. The van der Waals surface area contributed by atoms with E-state index in [1.165, 1.54) is 0 Å². The van der Waals surface area contributed by atoms with E-state index in [9.17, 15) is 9.59 Å². The van der Waals surface area contributed by atoms with Gasteiger partial charge in [0.25, 0.3) is 5.91 Å². The molecule has 2 fully saturated rings. The second-order valence-electron chi connectivity index (χ2n) is 9.92. The molecule has 1 aromatic carbocycles. The number of morpholine rings is 1. The second kappa shape index (κ2) is 9.11. The maximum atomic E-state index is 13.8. The molecule has 1 aromatic rings. The van der Waals surface area contributed by atoms with E-state index in [0.717, 1.165) is 43.8 Å². The number of ether oxygens (including phenoxy) is 3. The number of ketones is 1. The Labute approximate surface area is 195 Å². The van der Waals surface area contributed by atoms with Crippen molar-refractivity contribution in [3.05, 3.63) is 41.2 Å². The van der Waals surface area contributed by atoms with E-state index in [0.29, 0.717) is 37.2 Å². The largest absolute Gasteiger partial charge is 0.497 e. The van der Waals surface area contributed by atoms with Gasteiger partial charge in [0.05, 0.1) is 37.9 Å². The van der Waals surface area contributed by atoms with Crippen LogP contribution in [0.4, 0.5) is 0 Å². The number of rotatable bonds is 5. The summed E-state index contributed by atoms with van der Waals surface area (Å²) in [6.07, 6.45) is 1.45. The second-order valence-corrected chi connectivity index (χ2v) is 9.92. The van der Waals surface area contributed by atoms with Crippen molar-refractivity contribution in [2.24, 2.45) is 17.8 Å². The molecule has 0 aromatic heterocycles. The van der Waals surface area contributed by atoms with Crippen LogP contribution in [0.25, 0.3) is 0 Å². The van der Waals surface area contributed by atoms with E-state index < -0.39 is 6.04 Å². The van der Waals surface area contributed by atoms with Crippen molar-refractivity contribution in [1.82, 2.24) is 9.80 Å². The summed E-state index contributed by atoms with van der Waals surface area (Å²) in [5, 5.41) is 0. The number of carbonyl (C=O) groups is 2. The summed E-state index contributed by atoms with van der Waals surface area (Å²) in [6.45, 7) is 8.86. The van der Waals surface area contributed by atoms with Gasteiger partial charge in [-0.1, -0.05) is 26.0 Å². The van der Waals surface area contributed by atoms with E-state index in [-0.39, 0.29) is 29.5 Å². The first-order valence-corrected chi connectivity index (χ1v) is 12.2. The number of hydrogen-bond acceptors (Lipinski definition) is 6. The fourth-order valence-corrected chi connectivity index (χ4v) is 5.75. The molecular weight excluding hydrogens is 420 g/mol. The number of carbonyl (C=O) groups excluding carboxylic acids is 2. The molecule has 5 atom stereocenters. The lowest BCUT2D eigenvalue weighted by Gasteiger charge is -2.40. The maximum Gasteiger partial charge on any atom is 0.290 e. The van der Waals surface area contributed by atoms with Crippen molar-refractivity contribution in [1.29, 1.82) is 0 Å². The van der Waals surface area contributed by atoms with E-state index >= 15 is 0 Å². The highest BCUT2D eigenvalue weighted by molar-refractivity contribution is 6.11. The standard InChI is InChI=1S/C26H34N2O5/c1-16-14-20-21(15-17(16)2)33-25-22(24(20)29)23(18-4-6-19(31-3)7-5-18)28(26(25)30)9-8-27-10-12-32-13-11-27/h4-7,16-17,20-21,23H,8-15H2,1-3H3. The van der Waals surface area contributed by atoms with Crippen molar-refractivity contribution in [3.8, 4) is 5.75 Å². The molecule has 4 aliphatic rings. The van der Waals surface area contributed by atoms with Gasteiger partial charge in [-0.25, -0.2) is 0 Å². The van der Waals surface area contributed by atoms with Gasteiger partial charge in [0.1, 0.15) is 11.9 Å². The zero-order valence-electron chi connectivity index (χ0n) is 19.8. The maximum absolute atomic E-state index is 13.8. The third kappa shape index (κ3) is 4.06. The van der Waals surface area contributed by atoms with Crippen LogP contribution in [0.1, 0.15) is 38.3 Å². The number of methoxy groups -OCH3 is 1. The molecule has 5 rings (SSSR count). The van der Waals surface area contributed by atoms with Crippen LogP contribution in [0, 0.1) is 17.8 Å². The molecule has 7 nitrogen and oxygen atoms in total. The van der Waals surface area contributed by atoms with E-state index in [2.05, 4.69) is 18.7 Å². The van der Waals surface area contributed by atoms with Crippen LogP contribution in [0.3, 0.4) is 0 Å². The number of hydrogen-bond donors (Lipinski definition) is 0. The number of benzene rings is 1. The Morgan fingerprint density at radius 2 is 1.70 bits per heavy atom. The fourth-order valence-electron chi connectivity index (χ4n) is 5.75. The monoisotopic (exact) mass is 454 g/mol. The van der Waals surface area contributed by atoms with Crippen molar-refractivity contribution < 1.29 is 23.8 Å². The van der Waals surface area contributed by atoms with Gasteiger partial charge in [-0.2, -0.15) is 0 Å². The van der Waals surface area contributed by atoms with Gasteiger partial charge < -0.3 is 19.1 Å². The van der Waals surface area contributed by atoms with Gasteiger partial charge in [0.2, 0.25) is 0 Å². The molecule has 0 spiro atoms. The molecule has 1 amide bonds. The highest BCUT2D eigenvalue weighted by Crippen LogP contribution is 2.48. The van der Waals surface area contributed by atoms with E-state index in [1.54, 1.807) is 7.11 Å². The molecule has 1 saturated heterocycles. The van der Waals surface area contributed by atoms with Gasteiger partial charge in [-0.05, 0) is 42.4 Å². The van der Waals surface area contributed by atoms with Gasteiger partial charge in [0, 0.05) is 26.2 Å². The molecule has 1 aliphatic carbocycles. The van der Waals surface area contributed by atoms with Crippen LogP contribution in [-0.4, -0.2) is 74.1 Å². The molecule has 3 aliphatic heterocycles. The predicted molar refractivity (Wildman–Crippen MR) is 123 cm³/mol. The van der Waals surface area contributed by atoms with E-state index in [1.807, 2.05) is 29.2 Å². The van der Waals surface area contributed by atoms with Gasteiger partial charge in [-0.15, -0.1) is 0 Å². The minimum Gasteiger partial charge on any atom is -0.497 e. The summed E-state index contributed by atoms with van der Waals surface area (Å²) in [4.78, 5) is 31.6. The zero-order valence-corrected chi connectivity index (χ0v) is 19.8. The number of nitrogens with zero attached hydrogens (tertiary/aromatic N) is 2. The fraction of sp³-hybridized carbons (Fsp3) is 0.615. The number of amides is 1. The minimum atomic E-state index is -0.414. The quantitative estimate of drug-likeness (QED) is 0.682. The van der Waals surface area contributed by atoms with E-state index in [4.69, 9.17) is 14.2 Å². The lowest BCUT2D eigenvalue weighted by atomic mass is 9.70. The molecular formula is C26H34N2O5. The summed E-state index contributed by atoms with van der Waals surface area (Å²) in [7, 11) is 1.63. The van der Waals surface area contributed by atoms with Crippen molar-refractivity contribution >= 4 is 11.7 Å². The van der Waals surface area contributed by atoms with Crippen LogP contribution < -0.4 is 4.74 Å². The third-order valence-corrected chi connectivity index (χ3v) is 8.00. The van der Waals surface area contributed by atoms with Gasteiger partial charge >= 0.3 is 0 Å². The molecule has 0 N–H and O–H groups in total. The first-order valence-electron chi connectivity index (χ1n) is 12.2. The van der Waals surface area contributed by atoms with Crippen LogP contribution >= 0.6 is 0 Å². The zero-order chi connectivity index (χ0) is 23.1. The van der Waals surface area contributed by atoms with Crippen LogP contribution in [0.2, 0.25) is 0 Å². The number of Topliss-reactive ketones (excluding diaryl/α,β-unsaturated/α-hetero) is 1. The normalized spacial score (nSPS) is 32.5. The SMILES string of the molecule is COc1ccc(C2C3=C(OC4CC(C)C(C)CC4C3=O)C(=O)N2CCN2CCOCC2)cc1. The summed E-state index contributed by atoms with van der Waals surface area (Å²) in [6, 6.07) is 7.28. The Hall–Kier alpha value is -2.38. The Bertz CT molecular complexity index is 937. The van der Waals surface area contributed by atoms with Crippen LogP contribution in [0.5, 0.6) is 5.75 Å². The summed E-state index contributed by atoms with van der Waals surface area (Å²) in [5.74, 6) is 1.76. The Morgan fingerprint density at radius 3 is 2.39 bits per heavy atom. The highest BCUT2D eigenvalue weighted by atomic mass is 16.5. The Kier molecular flexibility index (Phi) is 6.18. The molecule has 3 heterocycles. The third-order valence-electron chi connectivity index (χ3n) is 8.00. The summed E-state index contributed by atoms with van der Waals surface area (Å²) in [5.41, 5.74) is 1.47. The molecule has 5 unspecified atom stereocenters. The topological polar surface area (TPSA) is 68.3 Å². The van der Waals surface area contributed by atoms with Crippen LogP contribution in [-0.2, 0) is 19.1 Å². The van der Waals surface area contributed by atoms with Crippen molar-refractivity contribution in [3.63, 3.8) is 0 Å². The smallest absolute Gasteiger partial charge is 0.290 e. The first kappa shape index (κ1) is 22.4. The molecule has 0 bridgehead atoms.